The molecule has 3 nitrogen and oxygen atoms in total. The van der Waals surface area contributed by atoms with Crippen molar-refractivity contribution in [3.63, 3.8) is 0 Å². The third-order valence-corrected chi connectivity index (χ3v) is 3.19. The van der Waals surface area contributed by atoms with Gasteiger partial charge in [0.15, 0.2) is 0 Å². The summed E-state index contributed by atoms with van der Waals surface area (Å²) >= 11 is 0. The van der Waals surface area contributed by atoms with Crippen molar-refractivity contribution in [2.45, 2.75) is 33.1 Å². The minimum Gasteiger partial charge on any atom is -0.481 e. The molecule has 12 heavy (non-hydrogen) atoms. The Morgan fingerprint density at radius 3 is 2.50 bits per heavy atom. The number of rotatable bonds is 2. The molecule has 0 heterocycles. The number of ketones is 1. The van der Waals surface area contributed by atoms with E-state index in [4.69, 9.17) is 5.11 Å². The Hall–Kier alpha value is -0.860. The van der Waals surface area contributed by atoms with Crippen molar-refractivity contribution in [3.8, 4) is 0 Å². The Morgan fingerprint density at radius 1 is 1.75 bits per heavy atom. The van der Waals surface area contributed by atoms with Crippen LogP contribution in [0, 0.1) is 11.3 Å². The summed E-state index contributed by atoms with van der Waals surface area (Å²) in [7, 11) is 0. The second-order valence-corrected chi connectivity index (χ2v) is 3.50. The SMILES string of the molecule is CCC1(C(=O)O)CCC(=O)C1C. The first-order valence-corrected chi connectivity index (χ1v) is 4.30. The minimum absolute atomic E-state index is 0.0965. The maximum atomic E-state index is 11.2. The molecule has 2 atom stereocenters. The second-order valence-electron chi connectivity index (χ2n) is 3.50. The highest BCUT2D eigenvalue weighted by Crippen LogP contribution is 2.43. The van der Waals surface area contributed by atoms with Gasteiger partial charge in [-0.3, -0.25) is 9.59 Å². The second kappa shape index (κ2) is 2.88. The lowest BCUT2D eigenvalue weighted by molar-refractivity contribution is -0.152. The fraction of sp³-hybridized carbons (Fsp3) is 0.778. The van der Waals surface area contributed by atoms with Crippen LogP contribution in [-0.2, 0) is 9.59 Å². The van der Waals surface area contributed by atoms with Gasteiger partial charge >= 0.3 is 5.97 Å². The van der Waals surface area contributed by atoms with E-state index in [9.17, 15) is 9.59 Å². The molecule has 0 aromatic rings. The van der Waals surface area contributed by atoms with Crippen molar-refractivity contribution in [2.24, 2.45) is 11.3 Å². The van der Waals surface area contributed by atoms with Crippen molar-refractivity contribution >= 4 is 11.8 Å². The molecule has 0 spiro atoms. The molecule has 0 amide bonds. The Kier molecular flexibility index (Phi) is 2.22. The molecular formula is C9H14O3. The van der Waals surface area contributed by atoms with Crippen LogP contribution in [0.1, 0.15) is 33.1 Å². The molecule has 2 unspecified atom stereocenters. The van der Waals surface area contributed by atoms with Crippen molar-refractivity contribution < 1.29 is 14.7 Å². The average molecular weight is 170 g/mol. The normalized spacial score (nSPS) is 35.5. The fourth-order valence-corrected chi connectivity index (χ4v) is 2.01. The zero-order valence-corrected chi connectivity index (χ0v) is 7.46. The Bertz CT molecular complexity index is 222. The predicted molar refractivity (Wildman–Crippen MR) is 43.8 cm³/mol. The zero-order chi connectivity index (χ0) is 9.35. The van der Waals surface area contributed by atoms with E-state index in [2.05, 4.69) is 0 Å². The molecule has 3 heteroatoms. The van der Waals surface area contributed by atoms with Crippen LogP contribution in [0.5, 0.6) is 0 Å². The molecule has 0 aromatic heterocycles. The Labute approximate surface area is 71.8 Å². The summed E-state index contributed by atoms with van der Waals surface area (Å²) < 4.78 is 0. The number of carboxylic acids is 1. The first kappa shape index (κ1) is 9.23. The number of aliphatic carboxylic acids is 1. The van der Waals surface area contributed by atoms with Gasteiger partial charge in [0, 0.05) is 12.3 Å². The predicted octanol–water partition coefficient (Wildman–Crippen LogP) is 1.47. The maximum absolute atomic E-state index is 11.2. The highest BCUT2D eigenvalue weighted by atomic mass is 16.4. The van der Waals surface area contributed by atoms with Gasteiger partial charge in [-0.15, -0.1) is 0 Å². The van der Waals surface area contributed by atoms with Gasteiger partial charge in [0.25, 0.3) is 0 Å². The Balaban J connectivity index is 2.95. The van der Waals surface area contributed by atoms with Crippen molar-refractivity contribution in [2.75, 3.05) is 0 Å². The summed E-state index contributed by atoms with van der Waals surface area (Å²) in [4.78, 5) is 22.1. The van der Waals surface area contributed by atoms with Gasteiger partial charge in [-0.25, -0.2) is 0 Å². The van der Waals surface area contributed by atoms with E-state index in [0.717, 1.165) is 0 Å². The third kappa shape index (κ3) is 1.04. The van der Waals surface area contributed by atoms with Crippen LogP contribution in [-0.4, -0.2) is 16.9 Å². The van der Waals surface area contributed by atoms with Crippen LogP contribution in [0.2, 0.25) is 0 Å². The number of Topliss-reactive ketones (excluding diaryl/α,β-unsaturated/α-hetero) is 1. The summed E-state index contributed by atoms with van der Waals surface area (Å²) in [6.07, 6.45) is 1.50. The van der Waals surface area contributed by atoms with Gasteiger partial charge in [-0.1, -0.05) is 13.8 Å². The maximum Gasteiger partial charge on any atom is 0.310 e. The highest BCUT2D eigenvalue weighted by molar-refractivity contribution is 5.91. The summed E-state index contributed by atoms with van der Waals surface area (Å²) in [6, 6.07) is 0. The largest absolute Gasteiger partial charge is 0.481 e. The molecule has 0 saturated heterocycles. The molecule has 0 aliphatic heterocycles. The molecule has 0 aromatic carbocycles. The molecule has 0 bridgehead atoms. The number of carboxylic acid groups (broad SMARTS) is 1. The number of hydrogen-bond donors (Lipinski definition) is 1. The van der Waals surface area contributed by atoms with Crippen LogP contribution in [0.4, 0.5) is 0 Å². The molecule has 1 rings (SSSR count). The molecule has 1 fully saturated rings. The van der Waals surface area contributed by atoms with Crippen LogP contribution in [0.25, 0.3) is 0 Å². The summed E-state index contributed by atoms with van der Waals surface area (Å²) in [5.74, 6) is -1.03. The minimum atomic E-state index is -0.816. The number of carbonyl (C=O) groups excluding carboxylic acids is 1. The van der Waals surface area contributed by atoms with Gasteiger partial charge < -0.3 is 5.11 Å². The van der Waals surface area contributed by atoms with Crippen LogP contribution >= 0.6 is 0 Å². The third-order valence-electron chi connectivity index (χ3n) is 3.19. The van der Waals surface area contributed by atoms with Gasteiger partial charge in [0.05, 0.1) is 5.41 Å². The van der Waals surface area contributed by atoms with Gasteiger partial charge in [-0.05, 0) is 12.8 Å². The molecular weight excluding hydrogens is 156 g/mol. The van der Waals surface area contributed by atoms with Crippen molar-refractivity contribution in [1.82, 2.24) is 0 Å². The molecule has 1 N–H and O–H groups in total. The Morgan fingerprint density at radius 2 is 2.33 bits per heavy atom. The van der Waals surface area contributed by atoms with Gasteiger partial charge in [0.1, 0.15) is 5.78 Å². The van der Waals surface area contributed by atoms with E-state index in [1.54, 1.807) is 6.92 Å². The van der Waals surface area contributed by atoms with E-state index in [-0.39, 0.29) is 11.7 Å². The number of hydrogen-bond acceptors (Lipinski definition) is 2. The van der Waals surface area contributed by atoms with E-state index in [0.29, 0.717) is 19.3 Å². The zero-order valence-electron chi connectivity index (χ0n) is 7.46. The smallest absolute Gasteiger partial charge is 0.310 e. The lowest BCUT2D eigenvalue weighted by atomic mass is 9.76. The lowest BCUT2D eigenvalue weighted by Crippen LogP contribution is -2.34. The van der Waals surface area contributed by atoms with E-state index in [1.165, 1.54) is 0 Å². The standard InChI is InChI=1S/C9H14O3/c1-3-9(8(11)12)5-4-7(10)6(9)2/h6H,3-5H2,1-2H3,(H,11,12). The van der Waals surface area contributed by atoms with E-state index >= 15 is 0 Å². The molecule has 0 radical (unpaired) electrons. The molecule has 1 saturated carbocycles. The topological polar surface area (TPSA) is 54.4 Å². The van der Waals surface area contributed by atoms with Gasteiger partial charge in [-0.2, -0.15) is 0 Å². The summed E-state index contributed by atoms with van der Waals surface area (Å²) in [5.41, 5.74) is -0.767. The quantitative estimate of drug-likeness (QED) is 0.682. The summed E-state index contributed by atoms with van der Waals surface area (Å²) in [5, 5.41) is 9.00. The van der Waals surface area contributed by atoms with E-state index < -0.39 is 11.4 Å². The van der Waals surface area contributed by atoms with E-state index in [1.807, 2.05) is 6.92 Å². The number of carbonyl (C=O) groups is 2. The first-order chi connectivity index (χ1) is 5.54. The monoisotopic (exact) mass is 170 g/mol. The van der Waals surface area contributed by atoms with Crippen LogP contribution in [0.15, 0.2) is 0 Å². The summed E-state index contributed by atoms with van der Waals surface area (Å²) in [6.45, 7) is 3.57. The molecule has 1 aliphatic rings. The highest BCUT2D eigenvalue weighted by Gasteiger charge is 2.49. The lowest BCUT2D eigenvalue weighted by Gasteiger charge is -2.25. The van der Waals surface area contributed by atoms with Crippen LogP contribution < -0.4 is 0 Å². The average Bonchev–Trinajstić information content (AvgIpc) is 2.31. The van der Waals surface area contributed by atoms with Crippen molar-refractivity contribution in [1.29, 1.82) is 0 Å². The fourth-order valence-electron chi connectivity index (χ4n) is 2.01. The molecule has 1 aliphatic carbocycles. The van der Waals surface area contributed by atoms with Crippen molar-refractivity contribution in [3.05, 3.63) is 0 Å². The molecule has 68 valence electrons. The van der Waals surface area contributed by atoms with Gasteiger partial charge in [0.2, 0.25) is 0 Å². The van der Waals surface area contributed by atoms with Crippen LogP contribution in [0.3, 0.4) is 0 Å². The first-order valence-electron chi connectivity index (χ1n) is 4.30.